The van der Waals surface area contributed by atoms with Gasteiger partial charge in [0.1, 0.15) is 23.2 Å². The van der Waals surface area contributed by atoms with Crippen LogP contribution in [0.25, 0.3) is 11.2 Å². The summed E-state index contributed by atoms with van der Waals surface area (Å²) in [5, 5.41) is 10.3. The molecule has 1 aliphatic carbocycles. The fourth-order valence-electron chi connectivity index (χ4n) is 5.99. The first kappa shape index (κ1) is 26.6. The predicted octanol–water partition coefficient (Wildman–Crippen LogP) is 5.06. The number of nitrogen functional groups attached to an aromatic ring is 1. The number of anilines is 1. The van der Waals surface area contributed by atoms with E-state index in [-0.39, 0.29) is 24.9 Å². The fraction of sp³-hybridized carbons (Fsp3) is 0.219. The molecule has 2 heterocycles. The van der Waals surface area contributed by atoms with Crippen LogP contribution in [0.5, 0.6) is 5.75 Å². The van der Waals surface area contributed by atoms with E-state index in [0.717, 1.165) is 22.4 Å². The van der Waals surface area contributed by atoms with E-state index < -0.39 is 17.6 Å². The molecule has 1 fully saturated rings. The van der Waals surface area contributed by atoms with Gasteiger partial charge in [-0.2, -0.15) is 0 Å². The van der Waals surface area contributed by atoms with Gasteiger partial charge in [-0.3, -0.25) is 0 Å². The number of ether oxygens (including phenoxy) is 2. The molecule has 0 saturated heterocycles. The van der Waals surface area contributed by atoms with Crippen LogP contribution in [0.1, 0.15) is 22.7 Å². The lowest BCUT2D eigenvalue weighted by atomic mass is 9.65. The summed E-state index contributed by atoms with van der Waals surface area (Å²) in [6, 6.07) is 27.3. The number of rotatable bonds is 9. The average molecular weight is 552 g/mol. The molecule has 0 amide bonds. The Balaban J connectivity index is 1.46. The lowest BCUT2D eigenvalue weighted by molar-refractivity contribution is -0.0510. The molecule has 3 aromatic carbocycles. The Kier molecular flexibility index (Phi) is 7.21. The number of nitrogens with zero attached hydrogens (tertiary/aromatic N) is 4. The molecule has 0 unspecified atom stereocenters. The third-order valence-electron chi connectivity index (χ3n) is 8.05. The van der Waals surface area contributed by atoms with Crippen molar-refractivity contribution in [1.29, 1.82) is 0 Å². The fourth-order valence-corrected chi connectivity index (χ4v) is 5.99. The van der Waals surface area contributed by atoms with E-state index >= 15 is 0 Å². The molecule has 0 bridgehead atoms. The zero-order valence-electron chi connectivity index (χ0n) is 22.5. The molecule has 3 N–H and O–H groups in total. The summed E-state index contributed by atoms with van der Waals surface area (Å²) in [4.78, 5) is 12.8. The number of imidazole rings is 1. The van der Waals surface area contributed by atoms with Crippen LogP contribution in [-0.4, -0.2) is 44.9 Å². The monoisotopic (exact) mass is 551 g/mol. The highest BCUT2D eigenvalue weighted by Gasteiger charge is 2.49. The highest BCUT2D eigenvalue weighted by Crippen LogP contribution is 2.52. The second-order valence-corrected chi connectivity index (χ2v) is 10.0. The summed E-state index contributed by atoms with van der Waals surface area (Å²) in [5.41, 5.74) is 9.18. The maximum atomic E-state index is 14.3. The van der Waals surface area contributed by atoms with Crippen LogP contribution >= 0.6 is 0 Å². The van der Waals surface area contributed by atoms with Crippen LogP contribution in [0.3, 0.4) is 0 Å². The molecule has 208 valence electrons. The van der Waals surface area contributed by atoms with E-state index in [9.17, 15) is 9.50 Å². The second kappa shape index (κ2) is 11.1. The lowest BCUT2D eigenvalue weighted by Gasteiger charge is -2.48. The number of nitrogens with two attached hydrogens (primary N) is 1. The molecule has 41 heavy (non-hydrogen) atoms. The zero-order chi connectivity index (χ0) is 28.4. The summed E-state index contributed by atoms with van der Waals surface area (Å²) in [7, 11) is 1.63. The van der Waals surface area contributed by atoms with Crippen LogP contribution in [0.2, 0.25) is 0 Å². The summed E-state index contributed by atoms with van der Waals surface area (Å²) in [5.74, 6) is 0.244. The largest absolute Gasteiger partial charge is 0.497 e. The zero-order valence-corrected chi connectivity index (χ0v) is 22.5. The van der Waals surface area contributed by atoms with Crippen LogP contribution < -0.4 is 10.5 Å². The number of halogens is 1. The van der Waals surface area contributed by atoms with E-state index in [1.807, 2.05) is 84.9 Å². The maximum Gasteiger partial charge on any atom is 0.165 e. The highest BCUT2D eigenvalue weighted by molar-refractivity contribution is 5.81. The van der Waals surface area contributed by atoms with Crippen molar-refractivity contribution in [2.24, 2.45) is 11.8 Å². The third kappa shape index (κ3) is 4.43. The van der Waals surface area contributed by atoms with Crippen molar-refractivity contribution in [3.8, 4) is 5.75 Å². The number of fused-ring (bicyclic) bond motifs is 1. The Morgan fingerprint density at radius 1 is 0.927 bits per heavy atom. The van der Waals surface area contributed by atoms with Gasteiger partial charge in [0.05, 0.1) is 39.0 Å². The highest BCUT2D eigenvalue weighted by atomic mass is 19.1. The van der Waals surface area contributed by atoms with Gasteiger partial charge in [0, 0.05) is 11.8 Å². The number of aliphatic hydroxyl groups is 1. The van der Waals surface area contributed by atoms with Crippen LogP contribution in [0, 0.1) is 11.8 Å². The van der Waals surface area contributed by atoms with Gasteiger partial charge in [-0.05, 0) is 34.4 Å². The minimum Gasteiger partial charge on any atom is -0.497 e. The number of hydrogen-bond acceptors (Lipinski definition) is 7. The van der Waals surface area contributed by atoms with E-state index in [1.165, 1.54) is 6.33 Å². The van der Waals surface area contributed by atoms with Gasteiger partial charge in [-0.1, -0.05) is 72.8 Å². The molecule has 9 heteroatoms. The predicted molar refractivity (Wildman–Crippen MR) is 154 cm³/mol. The third-order valence-corrected chi connectivity index (χ3v) is 8.05. The number of hydrogen-bond donors (Lipinski definition) is 2. The first-order valence-corrected chi connectivity index (χ1v) is 13.4. The normalized spacial score (nSPS) is 19.8. The Hall–Kier alpha value is -4.60. The quantitative estimate of drug-likeness (QED) is 0.247. The van der Waals surface area contributed by atoms with Crippen LogP contribution in [-0.2, 0) is 10.3 Å². The molecule has 8 nitrogen and oxygen atoms in total. The number of benzene rings is 3. The molecular weight excluding hydrogens is 521 g/mol. The van der Waals surface area contributed by atoms with Crippen molar-refractivity contribution < 1.29 is 19.0 Å². The smallest absolute Gasteiger partial charge is 0.165 e. The van der Waals surface area contributed by atoms with Crippen LogP contribution in [0.15, 0.2) is 109 Å². The summed E-state index contributed by atoms with van der Waals surface area (Å²) >= 11 is 0. The Labute approximate surface area is 236 Å². The molecule has 2 aromatic heterocycles. The van der Waals surface area contributed by atoms with Gasteiger partial charge in [0.15, 0.2) is 11.5 Å². The minimum absolute atomic E-state index is 0.198. The summed E-state index contributed by atoms with van der Waals surface area (Å²) in [6.07, 6.45) is 3.53. The van der Waals surface area contributed by atoms with Gasteiger partial charge in [-0.25, -0.2) is 19.3 Å². The Morgan fingerprint density at radius 2 is 1.56 bits per heavy atom. The van der Waals surface area contributed by atoms with Crippen molar-refractivity contribution in [1.82, 2.24) is 19.5 Å². The molecular formula is C32H30FN5O3. The molecule has 0 aliphatic heterocycles. The van der Waals surface area contributed by atoms with Crippen molar-refractivity contribution in [2.45, 2.75) is 11.6 Å². The van der Waals surface area contributed by atoms with Crippen molar-refractivity contribution >= 4 is 17.0 Å². The summed E-state index contributed by atoms with van der Waals surface area (Å²) in [6.45, 7) is -0.0282. The van der Waals surface area contributed by atoms with Crippen molar-refractivity contribution in [2.75, 3.05) is 26.1 Å². The van der Waals surface area contributed by atoms with Gasteiger partial charge in [-0.15, -0.1) is 0 Å². The molecule has 1 saturated carbocycles. The molecule has 0 radical (unpaired) electrons. The number of aromatic nitrogens is 4. The topological polar surface area (TPSA) is 108 Å². The van der Waals surface area contributed by atoms with Gasteiger partial charge in [0.2, 0.25) is 0 Å². The van der Waals surface area contributed by atoms with Crippen molar-refractivity contribution in [3.05, 3.63) is 126 Å². The first-order chi connectivity index (χ1) is 20.1. The SMILES string of the molecule is COc1ccc(C(OC[C@H]2[C@H](n3cnc4c(N)ncnc43)/C(=C/F)[C@@H]2CO)(c2ccccc2)c2ccccc2)cc1. The number of methoxy groups -OCH3 is 1. The summed E-state index contributed by atoms with van der Waals surface area (Å²) < 4.78 is 28.6. The standard InChI is InChI=1S/C32H30FN5O3/c1-40-24-14-12-23(13-15-24)32(21-8-4-2-5-9-21,22-10-6-3-7-11-22)41-18-27-26(17-39)25(16-33)29(27)38-20-37-28-30(34)35-19-36-31(28)38/h2-16,19-20,26-27,29,39H,17-18H2,1H3,(H2,34,35,36)/b25-16+/t26-,27+,29+/m0/s1. The maximum absolute atomic E-state index is 14.3. The molecule has 6 rings (SSSR count). The van der Waals surface area contributed by atoms with Crippen LogP contribution in [0.4, 0.5) is 10.2 Å². The molecule has 3 atom stereocenters. The first-order valence-electron chi connectivity index (χ1n) is 13.4. The van der Waals surface area contributed by atoms with E-state index in [4.69, 9.17) is 15.2 Å². The Bertz CT molecular complexity index is 1620. The van der Waals surface area contributed by atoms with E-state index in [2.05, 4.69) is 15.0 Å². The minimum atomic E-state index is -1.00. The van der Waals surface area contributed by atoms with E-state index in [1.54, 1.807) is 18.0 Å². The molecule has 1 aliphatic rings. The average Bonchev–Trinajstić information content (AvgIpc) is 3.44. The van der Waals surface area contributed by atoms with Gasteiger partial charge >= 0.3 is 0 Å². The second-order valence-electron chi connectivity index (χ2n) is 10.0. The van der Waals surface area contributed by atoms with Crippen molar-refractivity contribution in [3.63, 3.8) is 0 Å². The van der Waals surface area contributed by atoms with E-state index in [0.29, 0.717) is 23.1 Å². The van der Waals surface area contributed by atoms with Gasteiger partial charge < -0.3 is 24.9 Å². The van der Waals surface area contributed by atoms with Gasteiger partial charge in [0.25, 0.3) is 0 Å². The molecule has 5 aromatic rings. The Morgan fingerprint density at radius 3 is 2.15 bits per heavy atom. The molecule has 0 spiro atoms. The number of aliphatic hydroxyl groups excluding tert-OH is 1. The lowest BCUT2D eigenvalue weighted by Crippen LogP contribution is -2.47.